The number of esters is 1. The SMILES string of the molecule is CCCCC/C=C\C/C=C\CCCCCCCCCCCCOCC(COP(=O)([O-])OCC[N+](C)(C)C)OC(=O)CCCCCCCCCCCCCCC/C=C\C/C=C\CCCCCCC. The Kier molecular flexibility index (Phi) is 49.7. The van der Waals surface area contributed by atoms with Crippen molar-refractivity contribution in [2.75, 3.05) is 54.1 Å². The van der Waals surface area contributed by atoms with Crippen molar-refractivity contribution in [3.05, 3.63) is 48.6 Å². The molecule has 0 aliphatic carbocycles. The van der Waals surface area contributed by atoms with Crippen LogP contribution in [0.1, 0.15) is 258 Å². The summed E-state index contributed by atoms with van der Waals surface area (Å²) in [6, 6.07) is 0. The molecule has 0 bridgehead atoms. The first-order valence-electron chi connectivity index (χ1n) is 28.4. The molecule has 2 atom stereocenters. The average molecular weight is 964 g/mol. The highest BCUT2D eigenvalue weighted by Gasteiger charge is 2.20. The van der Waals surface area contributed by atoms with Gasteiger partial charge in [0, 0.05) is 13.0 Å². The van der Waals surface area contributed by atoms with Gasteiger partial charge in [-0.05, 0) is 77.0 Å². The number of phosphoric acid groups is 1. The molecule has 0 N–H and O–H groups in total. The predicted molar refractivity (Wildman–Crippen MR) is 286 cm³/mol. The van der Waals surface area contributed by atoms with Gasteiger partial charge in [0.15, 0.2) is 0 Å². The number of unbranched alkanes of at least 4 members (excludes halogenated alkanes) is 31. The van der Waals surface area contributed by atoms with Crippen LogP contribution in [0.5, 0.6) is 0 Å². The van der Waals surface area contributed by atoms with E-state index < -0.39 is 13.9 Å². The van der Waals surface area contributed by atoms with Crippen LogP contribution in [0.2, 0.25) is 0 Å². The average Bonchev–Trinajstić information content (AvgIpc) is 3.29. The summed E-state index contributed by atoms with van der Waals surface area (Å²) in [6.07, 6.45) is 64.3. The zero-order chi connectivity index (χ0) is 49.0. The van der Waals surface area contributed by atoms with E-state index in [0.29, 0.717) is 24.1 Å². The normalized spacial score (nSPS) is 13.8. The third-order valence-corrected chi connectivity index (χ3v) is 13.3. The molecule has 0 rings (SSSR count). The number of nitrogens with zero attached hydrogens (tertiary/aromatic N) is 1. The number of hydrogen-bond acceptors (Lipinski definition) is 7. The topological polar surface area (TPSA) is 94.1 Å². The quantitative estimate of drug-likeness (QED) is 0.0197. The van der Waals surface area contributed by atoms with Crippen molar-refractivity contribution in [1.82, 2.24) is 0 Å². The highest BCUT2D eigenvalue weighted by molar-refractivity contribution is 7.45. The van der Waals surface area contributed by atoms with Gasteiger partial charge in [0.2, 0.25) is 0 Å². The molecule has 9 heteroatoms. The molecule has 0 fully saturated rings. The molecule has 0 amide bonds. The monoisotopic (exact) mass is 964 g/mol. The first-order valence-corrected chi connectivity index (χ1v) is 29.8. The number of rotatable bonds is 53. The van der Waals surface area contributed by atoms with E-state index in [2.05, 4.69) is 62.5 Å². The second kappa shape index (κ2) is 50.8. The zero-order valence-electron chi connectivity index (χ0n) is 44.9. The van der Waals surface area contributed by atoms with Gasteiger partial charge in [-0.15, -0.1) is 0 Å². The summed E-state index contributed by atoms with van der Waals surface area (Å²) < 4.78 is 34.8. The Morgan fingerprint density at radius 2 is 0.821 bits per heavy atom. The van der Waals surface area contributed by atoms with Crippen molar-refractivity contribution in [2.45, 2.75) is 264 Å². The molecular formula is C58H110NO7P. The molecule has 0 saturated heterocycles. The Labute approximate surface area is 416 Å². The van der Waals surface area contributed by atoms with Gasteiger partial charge in [0.1, 0.15) is 19.3 Å². The van der Waals surface area contributed by atoms with Crippen molar-refractivity contribution < 1.29 is 37.3 Å². The first kappa shape index (κ1) is 65.5. The van der Waals surface area contributed by atoms with E-state index in [4.69, 9.17) is 18.5 Å². The lowest BCUT2D eigenvalue weighted by Crippen LogP contribution is -2.37. The lowest BCUT2D eigenvalue weighted by Gasteiger charge is -2.28. The van der Waals surface area contributed by atoms with Crippen molar-refractivity contribution >= 4 is 13.8 Å². The largest absolute Gasteiger partial charge is 0.756 e. The van der Waals surface area contributed by atoms with Crippen LogP contribution in [0, 0.1) is 0 Å². The highest BCUT2D eigenvalue weighted by atomic mass is 31.2. The van der Waals surface area contributed by atoms with Crippen molar-refractivity contribution in [3.63, 3.8) is 0 Å². The Hall–Kier alpha value is -1.54. The lowest BCUT2D eigenvalue weighted by atomic mass is 10.0. The minimum absolute atomic E-state index is 0.0252. The molecule has 0 spiro atoms. The minimum Gasteiger partial charge on any atom is -0.756 e. The molecule has 0 heterocycles. The van der Waals surface area contributed by atoms with Gasteiger partial charge in [-0.1, -0.05) is 223 Å². The Bertz CT molecular complexity index is 1210. The van der Waals surface area contributed by atoms with Crippen LogP contribution in [0.25, 0.3) is 0 Å². The van der Waals surface area contributed by atoms with E-state index in [0.717, 1.165) is 44.9 Å². The summed E-state index contributed by atoms with van der Waals surface area (Å²) in [5, 5.41) is 0. The predicted octanol–water partition coefficient (Wildman–Crippen LogP) is 17.2. The van der Waals surface area contributed by atoms with E-state index in [9.17, 15) is 14.3 Å². The number of phosphoric ester groups is 1. The van der Waals surface area contributed by atoms with Crippen LogP contribution in [0.15, 0.2) is 48.6 Å². The third-order valence-electron chi connectivity index (χ3n) is 12.4. The van der Waals surface area contributed by atoms with Crippen LogP contribution in [-0.4, -0.2) is 70.7 Å². The molecule has 67 heavy (non-hydrogen) atoms. The summed E-state index contributed by atoms with van der Waals surface area (Å²) in [6.45, 7) is 5.41. The number of carbonyl (C=O) groups is 1. The Balaban J connectivity index is 4.07. The molecular weight excluding hydrogens is 854 g/mol. The van der Waals surface area contributed by atoms with E-state index in [1.54, 1.807) is 0 Å². The molecule has 0 aromatic carbocycles. The molecule has 8 nitrogen and oxygen atoms in total. The van der Waals surface area contributed by atoms with Crippen LogP contribution < -0.4 is 4.89 Å². The van der Waals surface area contributed by atoms with Gasteiger partial charge in [0.05, 0.1) is 34.4 Å². The van der Waals surface area contributed by atoms with Crippen molar-refractivity contribution in [1.29, 1.82) is 0 Å². The van der Waals surface area contributed by atoms with Gasteiger partial charge in [0.25, 0.3) is 7.82 Å². The second-order valence-electron chi connectivity index (χ2n) is 20.3. The fraction of sp³-hybridized carbons (Fsp3) is 0.845. The molecule has 0 aromatic heterocycles. The van der Waals surface area contributed by atoms with Gasteiger partial charge >= 0.3 is 5.97 Å². The number of hydrogen-bond donors (Lipinski definition) is 0. The van der Waals surface area contributed by atoms with E-state index in [1.807, 2.05) is 21.1 Å². The molecule has 0 aliphatic heterocycles. The zero-order valence-corrected chi connectivity index (χ0v) is 45.7. The van der Waals surface area contributed by atoms with E-state index >= 15 is 0 Å². The number of ether oxygens (including phenoxy) is 2. The smallest absolute Gasteiger partial charge is 0.306 e. The van der Waals surface area contributed by atoms with Gasteiger partial charge in [-0.25, -0.2) is 0 Å². The van der Waals surface area contributed by atoms with Gasteiger partial charge in [-0.3, -0.25) is 9.36 Å². The lowest BCUT2D eigenvalue weighted by molar-refractivity contribution is -0.870. The maximum atomic E-state index is 12.8. The molecule has 2 unspecified atom stereocenters. The number of likely N-dealkylation sites (N-methyl/N-ethyl adjacent to an activating group) is 1. The summed E-state index contributed by atoms with van der Waals surface area (Å²) in [4.78, 5) is 25.3. The van der Waals surface area contributed by atoms with Crippen LogP contribution >= 0.6 is 7.82 Å². The number of carbonyl (C=O) groups excluding carboxylic acids is 1. The summed E-state index contributed by atoms with van der Waals surface area (Å²) in [5.74, 6) is -0.333. The van der Waals surface area contributed by atoms with Gasteiger partial charge < -0.3 is 27.9 Å². The second-order valence-corrected chi connectivity index (χ2v) is 21.7. The highest BCUT2D eigenvalue weighted by Crippen LogP contribution is 2.38. The van der Waals surface area contributed by atoms with Crippen LogP contribution in [0.3, 0.4) is 0 Å². The minimum atomic E-state index is -4.54. The fourth-order valence-electron chi connectivity index (χ4n) is 7.96. The molecule has 0 aromatic rings. The van der Waals surface area contributed by atoms with Crippen molar-refractivity contribution in [2.24, 2.45) is 0 Å². The van der Waals surface area contributed by atoms with E-state index in [1.165, 1.54) is 193 Å². The van der Waals surface area contributed by atoms with E-state index in [-0.39, 0.29) is 25.8 Å². The number of allylic oxidation sites excluding steroid dienone is 8. The standard InChI is InChI=1S/C58H110NO7P/c1-6-8-10-12-14-16-18-20-22-24-26-28-29-30-31-32-33-35-37-39-41-43-45-47-49-51-58(60)66-57(56-65-67(61,62)64-54-52-59(3,4)5)55-63-53-50-48-46-44-42-40-38-36-34-27-25-23-21-19-17-15-13-11-9-7-2/h15,17-18,20-21,23-24,26,57H,6-14,16,19,22,25,27-56H2,1-5H3/b17-15-,20-18-,23-21-,26-24-. The first-order chi connectivity index (χ1) is 32.6. The third kappa shape index (κ3) is 55.3. The fourth-order valence-corrected chi connectivity index (χ4v) is 8.69. The maximum Gasteiger partial charge on any atom is 0.306 e. The molecule has 394 valence electrons. The van der Waals surface area contributed by atoms with Crippen molar-refractivity contribution in [3.8, 4) is 0 Å². The molecule has 0 aliphatic rings. The summed E-state index contributed by atoms with van der Waals surface area (Å²) in [7, 11) is 1.36. The molecule has 0 saturated carbocycles. The maximum absolute atomic E-state index is 12.8. The van der Waals surface area contributed by atoms with Crippen LogP contribution in [-0.2, 0) is 27.9 Å². The Morgan fingerprint density at radius 1 is 0.463 bits per heavy atom. The molecule has 0 radical (unpaired) electrons. The van der Waals surface area contributed by atoms with Gasteiger partial charge in [-0.2, -0.15) is 0 Å². The Morgan fingerprint density at radius 3 is 1.24 bits per heavy atom. The summed E-state index contributed by atoms with van der Waals surface area (Å²) >= 11 is 0. The van der Waals surface area contributed by atoms with Crippen LogP contribution in [0.4, 0.5) is 0 Å². The summed E-state index contributed by atoms with van der Waals surface area (Å²) in [5.41, 5.74) is 0. The number of quaternary nitrogens is 1.